The minimum absolute atomic E-state index is 0.141. The number of aryl methyl sites for hydroxylation is 1. The van der Waals surface area contributed by atoms with Crippen LogP contribution in [0.1, 0.15) is 10.6 Å². The zero-order chi connectivity index (χ0) is 15.9. The number of thiophene rings is 1. The maximum atomic E-state index is 11.9. The number of hydrogen-bond acceptors (Lipinski definition) is 4. The van der Waals surface area contributed by atoms with Crippen LogP contribution < -0.4 is 20.9 Å². The van der Waals surface area contributed by atoms with E-state index in [0.29, 0.717) is 25.4 Å². The van der Waals surface area contributed by atoms with E-state index in [-0.39, 0.29) is 11.6 Å². The zero-order valence-corrected chi connectivity index (χ0v) is 13.4. The Morgan fingerprint density at radius 2 is 2.18 bits per heavy atom. The number of hydrogen-bond donors (Lipinski definition) is 2. The molecule has 0 aliphatic rings. The van der Waals surface area contributed by atoms with Crippen molar-refractivity contribution in [2.45, 2.75) is 20.0 Å². The van der Waals surface area contributed by atoms with Gasteiger partial charge in [-0.2, -0.15) is 0 Å². The van der Waals surface area contributed by atoms with E-state index in [0.717, 1.165) is 10.6 Å². The van der Waals surface area contributed by atoms with Crippen molar-refractivity contribution >= 4 is 17.4 Å². The summed E-state index contributed by atoms with van der Waals surface area (Å²) < 4.78 is 6.65. The van der Waals surface area contributed by atoms with Crippen molar-refractivity contribution < 1.29 is 9.53 Å². The average Bonchev–Trinajstić information content (AvgIpc) is 3.01. The van der Waals surface area contributed by atoms with Gasteiger partial charge < -0.3 is 19.9 Å². The monoisotopic (exact) mass is 321 g/mol. The van der Waals surface area contributed by atoms with E-state index in [1.807, 2.05) is 24.4 Å². The van der Waals surface area contributed by atoms with Crippen molar-refractivity contribution in [3.63, 3.8) is 0 Å². The van der Waals surface area contributed by atoms with Crippen LogP contribution in [0, 0.1) is 6.92 Å². The lowest BCUT2D eigenvalue weighted by Crippen LogP contribution is -2.38. The summed E-state index contributed by atoms with van der Waals surface area (Å²) >= 11 is 1.59. The highest BCUT2D eigenvalue weighted by Crippen LogP contribution is 2.08. The second kappa shape index (κ2) is 7.65. The molecule has 0 bridgehead atoms. The van der Waals surface area contributed by atoms with Gasteiger partial charge in [0.15, 0.2) is 0 Å². The second-order valence-electron chi connectivity index (χ2n) is 4.72. The summed E-state index contributed by atoms with van der Waals surface area (Å²) in [4.78, 5) is 24.7. The van der Waals surface area contributed by atoms with Crippen LogP contribution in [0.4, 0.5) is 4.79 Å². The van der Waals surface area contributed by atoms with Gasteiger partial charge in [-0.25, -0.2) is 4.79 Å². The topological polar surface area (TPSA) is 72.4 Å². The van der Waals surface area contributed by atoms with E-state index in [2.05, 4.69) is 10.6 Å². The summed E-state index contributed by atoms with van der Waals surface area (Å²) in [5.74, 6) is 0.542. The number of rotatable bonds is 6. The smallest absolute Gasteiger partial charge is 0.315 e. The van der Waals surface area contributed by atoms with Crippen molar-refractivity contribution in [3.05, 3.63) is 50.6 Å². The van der Waals surface area contributed by atoms with Gasteiger partial charge in [0.1, 0.15) is 5.75 Å². The highest BCUT2D eigenvalue weighted by Gasteiger charge is 2.05. The molecule has 2 amide bonds. The molecule has 0 aliphatic carbocycles. The van der Waals surface area contributed by atoms with Gasteiger partial charge >= 0.3 is 6.03 Å². The van der Waals surface area contributed by atoms with Gasteiger partial charge in [-0.1, -0.05) is 6.07 Å². The predicted molar refractivity (Wildman–Crippen MR) is 86.5 cm³/mol. The van der Waals surface area contributed by atoms with Crippen LogP contribution in [0.15, 0.2) is 34.4 Å². The highest BCUT2D eigenvalue weighted by molar-refractivity contribution is 7.09. The molecule has 0 aromatic carbocycles. The Bertz CT molecular complexity index is 680. The van der Waals surface area contributed by atoms with Crippen LogP contribution in [-0.2, 0) is 13.1 Å². The predicted octanol–water partition coefficient (Wildman–Crippen LogP) is 1.73. The molecule has 0 saturated heterocycles. The van der Waals surface area contributed by atoms with E-state index in [1.54, 1.807) is 22.0 Å². The lowest BCUT2D eigenvalue weighted by Gasteiger charge is -2.12. The Morgan fingerprint density at radius 3 is 2.82 bits per heavy atom. The Labute approximate surface area is 132 Å². The molecule has 0 unspecified atom stereocenters. The number of pyridine rings is 1. The van der Waals surface area contributed by atoms with Crippen molar-refractivity contribution in [2.75, 3.05) is 13.7 Å². The third-order valence-electron chi connectivity index (χ3n) is 3.17. The van der Waals surface area contributed by atoms with Gasteiger partial charge in [0, 0.05) is 29.7 Å². The van der Waals surface area contributed by atoms with Gasteiger partial charge in [0.2, 0.25) is 0 Å². The van der Waals surface area contributed by atoms with Crippen LogP contribution in [-0.4, -0.2) is 24.3 Å². The molecule has 7 heteroatoms. The minimum Gasteiger partial charge on any atom is -0.496 e. The van der Waals surface area contributed by atoms with E-state index in [4.69, 9.17) is 4.74 Å². The number of nitrogens with one attached hydrogen (secondary N) is 2. The van der Waals surface area contributed by atoms with E-state index >= 15 is 0 Å². The van der Waals surface area contributed by atoms with Crippen molar-refractivity contribution in [2.24, 2.45) is 0 Å². The number of aromatic nitrogens is 1. The molecule has 0 aliphatic heterocycles. The fourth-order valence-electron chi connectivity index (χ4n) is 2.03. The van der Waals surface area contributed by atoms with E-state index in [1.165, 1.54) is 13.2 Å². The molecular weight excluding hydrogens is 302 g/mol. The van der Waals surface area contributed by atoms with Crippen LogP contribution in [0.5, 0.6) is 5.75 Å². The molecule has 6 nitrogen and oxygen atoms in total. The lowest BCUT2D eigenvalue weighted by atomic mass is 10.3. The molecule has 2 rings (SSSR count). The fraction of sp³-hybridized carbons (Fsp3) is 0.333. The largest absolute Gasteiger partial charge is 0.496 e. The third kappa shape index (κ3) is 4.36. The molecular formula is C15H19N3O3S. The van der Waals surface area contributed by atoms with Gasteiger partial charge in [-0.15, -0.1) is 11.3 Å². The quantitative estimate of drug-likeness (QED) is 0.851. The molecule has 0 atom stereocenters. The summed E-state index contributed by atoms with van der Waals surface area (Å²) in [6, 6.07) is 6.89. The molecule has 2 aromatic rings. The van der Waals surface area contributed by atoms with Crippen LogP contribution >= 0.6 is 11.3 Å². The van der Waals surface area contributed by atoms with Crippen molar-refractivity contribution in [1.29, 1.82) is 0 Å². The maximum absolute atomic E-state index is 11.9. The average molecular weight is 321 g/mol. The SMILES string of the molecule is COc1cc(C)n(CCNC(=O)NCc2cccs2)c(=O)c1. The Kier molecular flexibility index (Phi) is 5.60. The molecule has 0 spiro atoms. The van der Waals surface area contributed by atoms with Crippen LogP contribution in [0.2, 0.25) is 0 Å². The summed E-state index contributed by atoms with van der Waals surface area (Å²) in [6.45, 7) is 3.14. The maximum Gasteiger partial charge on any atom is 0.315 e. The molecule has 2 aromatic heterocycles. The van der Waals surface area contributed by atoms with Crippen molar-refractivity contribution in [3.8, 4) is 5.75 Å². The molecule has 118 valence electrons. The Balaban J connectivity index is 1.81. The highest BCUT2D eigenvalue weighted by atomic mass is 32.1. The molecule has 2 heterocycles. The number of methoxy groups -OCH3 is 1. The molecule has 22 heavy (non-hydrogen) atoms. The van der Waals surface area contributed by atoms with Gasteiger partial charge in [-0.05, 0) is 24.4 Å². The Morgan fingerprint density at radius 1 is 1.36 bits per heavy atom. The van der Waals surface area contributed by atoms with Crippen LogP contribution in [0.25, 0.3) is 0 Å². The second-order valence-corrected chi connectivity index (χ2v) is 5.75. The van der Waals surface area contributed by atoms with Gasteiger partial charge in [-0.3, -0.25) is 4.79 Å². The number of ether oxygens (including phenoxy) is 1. The molecule has 2 N–H and O–H groups in total. The number of urea groups is 1. The number of amides is 2. The normalized spacial score (nSPS) is 10.3. The van der Waals surface area contributed by atoms with E-state index < -0.39 is 0 Å². The first-order valence-corrected chi connectivity index (χ1v) is 7.77. The standard InChI is InChI=1S/C15H19N3O3S/c1-11-8-12(21-2)9-14(19)18(11)6-5-16-15(20)17-10-13-4-3-7-22-13/h3-4,7-9H,5-6,10H2,1-2H3,(H2,16,17,20). The molecule has 0 radical (unpaired) electrons. The van der Waals surface area contributed by atoms with Crippen molar-refractivity contribution in [1.82, 2.24) is 15.2 Å². The Hall–Kier alpha value is -2.28. The third-order valence-corrected chi connectivity index (χ3v) is 4.04. The minimum atomic E-state index is -0.243. The van der Waals surface area contributed by atoms with Gasteiger partial charge in [0.25, 0.3) is 5.56 Å². The number of carbonyl (C=O) groups is 1. The first-order chi connectivity index (χ1) is 10.6. The first kappa shape index (κ1) is 16.1. The molecule has 0 fully saturated rings. The summed E-state index contributed by atoms with van der Waals surface area (Å²) in [5, 5.41) is 7.48. The summed E-state index contributed by atoms with van der Waals surface area (Å²) in [6.07, 6.45) is 0. The van der Waals surface area contributed by atoms with E-state index in [9.17, 15) is 9.59 Å². The summed E-state index contributed by atoms with van der Waals surface area (Å²) in [5.41, 5.74) is 0.655. The fourth-order valence-corrected chi connectivity index (χ4v) is 2.67. The zero-order valence-electron chi connectivity index (χ0n) is 12.6. The van der Waals surface area contributed by atoms with Gasteiger partial charge in [0.05, 0.1) is 13.7 Å². The lowest BCUT2D eigenvalue weighted by molar-refractivity contribution is 0.240. The van der Waals surface area contributed by atoms with Crippen LogP contribution in [0.3, 0.4) is 0 Å². The number of carbonyl (C=O) groups excluding carboxylic acids is 1. The summed E-state index contributed by atoms with van der Waals surface area (Å²) in [7, 11) is 1.53. The number of nitrogens with zero attached hydrogens (tertiary/aromatic N) is 1. The molecule has 0 saturated carbocycles. The first-order valence-electron chi connectivity index (χ1n) is 6.89.